The number of nitrogens with zero attached hydrogens (tertiary/aromatic N) is 2. The van der Waals surface area contributed by atoms with E-state index in [1.54, 1.807) is 37.7 Å². The van der Waals surface area contributed by atoms with Crippen LogP contribution in [0.4, 0.5) is 0 Å². The molecule has 0 amide bonds. The fourth-order valence-electron chi connectivity index (χ4n) is 2.32. The van der Waals surface area contributed by atoms with E-state index in [1.807, 2.05) is 19.1 Å². The van der Waals surface area contributed by atoms with Crippen LogP contribution in [0.25, 0.3) is 16.5 Å². The van der Waals surface area contributed by atoms with Crippen molar-refractivity contribution in [1.82, 2.24) is 4.98 Å². The summed E-state index contributed by atoms with van der Waals surface area (Å²) < 4.78 is 5.31. The van der Waals surface area contributed by atoms with Crippen LogP contribution in [-0.4, -0.2) is 18.8 Å². The van der Waals surface area contributed by atoms with Crippen molar-refractivity contribution in [2.45, 2.75) is 6.92 Å². The second-order valence-corrected chi connectivity index (χ2v) is 5.12. The zero-order valence-corrected chi connectivity index (χ0v) is 13.7. The molecule has 5 heteroatoms. The van der Waals surface area contributed by atoms with Crippen LogP contribution in [0.3, 0.4) is 0 Å². The van der Waals surface area contributed by atoms with Gasteiger partial charge in [-0.3, -0.25) is 4.99 Å². The molecule has 0 aliphatic heterocycles. The van der Waals surface area contributed by atoms with Crippen molar-refractivity contribution in [2.75, 3.05) is 7.11 Å². The first-order chi connectivity index (χ1) is 11.1. The second kappa shape index (κ2) is 7.48. The van der Waals surface area contributed by atoms with Gasteiger partial charge in [-0.05, 0) is 37.9 Å². The first-order valence-corrected chi connectivity index (χ1v) is 7.27. The molecule has 0 bridgehead atoms. The molecule has 0 fully saturated rings. The molecule has 1 N–H and O–H groups in total. The maximum atomic E-state index is 9.56. The standard InChI is InChI=1S/C18H16ClN3O/c1-4-18(23-3)13(10-21-2)7-12(9-20)16-11-22-17-8-14(19)5-6-15(16)17/h4-8,10-11,22H,2H2,1,3H3/b12-7+,13-10-,18-4+. The Morgan fingerprint density at radius 1 is 1.48 bits per heavy atom. The topological polar surface area (TPSA) is 61.2 Å². The summed E-state index contributed by atoms with van der Waals surface area (Å²) in [6.07, 6.45) is 6.88. The van der Waals surface area contributed by atoms with Crippen LogP contribution in [0, 0.1) is 11.3 Å². The molecule has 0 spiro atoms. The van der Waals surface area contributed by atoms with E-state index in [0.29, 0.717) is 21.9 Å². The highest BCUT2D eigenvalue weighted by Crippen LogP contribution is 2.28. The van der Waals surface area contributed by atoms with Gasteiger partial charge in [0.25, 0.3) is 0 Å². The van der Waals surface area contributed by atoms with Gasteiger partial charge in [-0.2, -0.15) is 5.26 Å². The van der Waals surface area contributed by atoms with Gasteiger partial charge in [0, 0.05) is 39.5 Å². The van der Waals surface area contributed by atoms with E-state index in [9.17, 15) is 5.26 Å². The van der Waals surface area contributed by atoms with Crippen molar-refractivity contribution in [2.24, 2.45) is 4.99 Å². The lowest BCUT2D eigenvalue weighted by Gasteiger charge is -2.06. The molecule has 2 aromatic rings. The minimum atomic E-state index is 0.491. The number of ether oxygens (including phenoxy) is 1. The number of benzene rings is 1. The average Bonchev–Trinajstić information content (AvgIpc) is 2.96. The summed E-state index contributed by atoms with van der Waals surface area (Å²) in [6.45, 7) is 5.32. The molecule has 23 heavy (non-hydrogen) atoms. The van der Waals surface area contributed by atoms with E-state index in [2.05, 4.69) is 22.8 Å². The van der Waals surface area contributed by atoms with E-state index in [4.69, 9.17) is 16.3 Å². The zero-order chi connectivity index (χ0) is 16.8. The Labute approximate surface area is 140 Å². The third kappa shape index (κ3) is 3.53. The lowest BCUT2D eigenvalue weighted by molar-refractivity contribution is 0.302. The molecule has 0 saturated heterocycles. The lowest BCUT2D eigenvalue weighted by Crippen LogP contribution is -1.91. The molecule has 4 nitrogen and oxygen atoms in total. The number of allylic oxidation sites excluding steroid dienone is 3. The molecule has 1 heterocycles. The highest BCUT2D eigenvalue weighted by Gasteiger charge is 2.11. The van der Waals surface area contributed by atoms with Gasteiger partial charge in [-0.15, -0.1) is 0 Å². The predicted molar refractivity (Wildman–Crippen MR) is 95.3 cm³/mol. The molecule has 0 unspecified atom stereocenters. The summed E-state index contributed by atoms with van der Waals surface area (Å²) in [5.41, 5.74) is 2.83. The molecule has 1 aromatic heterocycles. The number of halogens is 1. The summed E-state index contributed by atoms with van der Waals surface area (Å²) >= 11 is 5.99. The van der Waals surface area contributed by atoms with Crippen LogP contribution in [0.1, 0.15) is 12.5 Å². The van der Waals surface area contributed by atoms with Gasteiger partial charge in [0.2, 0.25) is 0 Å². The number of nitrogens with one attached hydrogen (secondary N) is 1. The minimum absolute atomic E-state index is 0.491. The minimum Gasteiger partial charge on any atom is -0.496 e. The average molecular weight is 326 g/mol. The van der Waals surface area contributed by atoms with E-state index >= 15 is 0 Å². The molecular formula is C18H16ClN3O. The largest absolute Gasteiger partial charge is 0.496 e. The molecule has 0 atom stereocenters. The molecule has 0 aliphatic rings. The van der Waals surface area contributed by atoms with Gasteiger partial charge < -0.3 is 9.72 Å². The van der Waals surface area contributed by atoms with E-state index in [0.717, 1.165) is 16.5 Å². The Morgan fingerprint density at radius 2 is 2.26 bits per heavy atom. The third-order valence-corrected chi connectivity index (χ3v) is 3.59. The Morgan fingerprint density at radius 3 is 2.87 bits per heavy atom. The summed E-state index contributed by atoms with van der Waals surface area (Å²) in [7, 11) is 1.57. The van der Waals surface area contributed by atoms with Crippen LogP contribution in [0.2, 0.25) is 5.02 Å². The van der Waals surface area contributed by atoms with Crippen LogP contribution < -0.4 is 0 Å². The van der Waals surface area contributed by atoms with Gasteiger partial charge >= 0.3 is 0 Å². The van der Waals surface area contributed by atoms with Crippen molar-refractivity contribution < 1.29 is 4.74 Å². The van der Waals surface area contributed by atoms with Crippen LogP contribution >= 0.6 is 11.6 Å². The SMILES string of the molecule is C=N/C=C(/C=C(\C#N)c1c[nH]c2cc(Cl)ccc12)C(=C/C)\OC. The first-order valence-electron chi connectivity index (χ1n) is 6.90. The number of methoxy groups -OCH3 is 1. The zero-order valence-electron chi connectivity index (χ0n) is 12.9. The van der Waals surface area contributed by atoms with Gasteiger partial charge in [0.05, 0.1) is 18.8 Å². The molecular weight excluding hydrogens is 310 g/mol. The first kappa shape index (κ1) is 16.6. The van der Waals surface area contributed by atoms with Crippen molar-refractivity contribution in [3.05, 3.63) is 64.7 Å². The summed E-state index contributed by atoms with van der Waals surface area (Å²) in [5, 5.41) is 11.1. The Kier molecular flexibility index (Phi) is 5.40. The number of H-pyrrole nitrogens is 1. The number of hydrogen-bond donors (Lipinski definition) is 1. The fourth-order valence-corrected chi connectivity index (χ4v) is 2.49. The molecule has 0 aliphatic carbocycles. The fraction of sp³-hybridized carbons (Fsp3) is 0.111. The molecule has 0 saturated carbocycles. The van der Waals surface area contributed by atoms with Gasteiger partial charge in [0.15, 0.2) is 0 Å². The van der Waals surface area contributed by atoms with Crippen molar-refractivity contribution in [1.29, 1.82) is 5.26 Å². The Hall–Kier alpha value is -2.77. The Bertz CT molecular complexity index is 866. The van der Waals surface area contributed by atoms with Gasteiger partial charge in [-0.25, -0.2) is 0 Å². The summed E-state index contributed by atoms with van der Waals surface area (Å²) in [6, 6.07) is 7.73. The third-order valence-electron chi connectivity index (χ3n) is 3.35. The van der Waals surface area contributed by atoms with Gasteiger partial charge in [0.1, 0.15) is 5.76 Å². The highest BCUT2D eigenvalue weighted by atomic mass is 35.5. The van der Waals surface area contributed by atoms with Crippen LogP contribution in [0.15, 0.2) is 59.1 Å². The van der Waals surface area contributed by atoms with Gasteiger partial charge in [-0.1, -0.05) is 17.7 Å². The smallest absolute Gasteiger partial charge is 0.123 e. The monoisotopic (exact) mass is 325 g/mol. The molecule has 0 radical (unpaired) electrons. The number of hydrogen-bond acceptors (Lipinski definition) is 3. The van der Waals surface area contributed by atoms with E-state index in [1.165, 1.54) is 0 Å². The number of rotatable bonds is 5. The van der Waals surface area contributed by atoms with Crippen molar-refractivity contribution >= 4 is 34.8 Å². The summed E-state index contributed by atoms with van der Waals surface area (Å²) in [4.78, 5) is 6.91. The van der Waals surface area contributed by atoms with E-state index < -0.39 is 0 Å². The van der Waals surface area contributed by atoms with Crippen molar-refractivity contribution in [3.8, 4) is 6.07 Å². The van der Waals surface area contributed by atoms with Crippen molar-refractivity contribution in [3.63, 3.8) is 0 Å². The number of nitriles is 1. The molecule has 116 valence electrons. The van der Waals surface area contributed by atoms with Crippen LogP contribution in [0.5, 0.6) is 0 Å². The number of aromatic nitrogens is 1. The number of fused-ring (bicyclic) bond motifs is 1. The predicted octanol–water partition coefficient (Wildman–Crippen LogP) is 4.86. The summed E-state index contributed by atoms with van der Waals surface area (Å²) in [5.74, 6) is 0.619. The molecule has 2 rings (SSSR count). The van der Waals surface area contributed by atoms with E-state index in [-0.39, 0.29) is 0 Å². The maximum absolute atomic E-state index is 9.56. The quantitative estimate of drug-likeness (QED) is 0.369. The maximum Gasteiger partial charge on any atom is 0.123 e. The van der Waals surface area contributed by atoms with Crippen LogP contribution in [-0.2, 0) is 4.74 Å². The lowest BCUT2D eigenvalue weighted by atomic mass is 10.0. The second-order valence-electron chi connectivity index (χ2n) is 4.69. The highest BCUT2D eigenvalue weighted by molar-refractivity contribution is 6.31. The molecule has 1 aromatic carbocycles. The number of aromatic amines is 1. The normalized spacial score (nSPS) is 13.0. The number of aliphatic imine (C=N–C) groups is 1. The Balaban J connectivity index is 2.59.